The van der Waals surface area contributed by atoms with Gasteiger partial charge in [0.1, 0.15) is 11.5 Å². The summed E-state index contributed by atoms with van der Waals surface area (Å²) in [4.78, 5) is 10.7. The predicted octanol–water partition coefficient (Wildman–Crippen LogP) is 2.95. The molecular formula is C13H18O3. The topological polar surface area (TPSA) is 57.5 Å². The average Bonchev–Trinajstić information content (AvgIpc) is 2.26. The molecule has 0 aromatic heterocycles. The summed E-state index contributed by atoms with van der Waals surface area (Å²) in [7, 11) is 0. The van der Waals surface area contributed by atoms with Crippen LogP contribution < -0.4 is 0 Å². The van der Waals surface area contributed by atoms with Crippen LogP contribution in [0.4, 0.5) is 0 Å². The Labute approximate surface area is 95.7 Å². The molecule has 1 aromatic rings. The number of benzene rings is 1. The van der Waals surface area contributed by atoms with Crippen molar-refractivity contribution < 1.29 is 15.0 Å². The Kier molecular flexibility index (Phi) is 4.35. The van der Waals surface area contributed by atoms with Crippen LogP contribution in [-0.4, -0.2) is 16.5 Å². The summed E-state index contributed by atoms with van der Waals surface area (Å²) < 4.78 is 0. The molecule has 0 heterocycles. The highest BCUT2D eigenvalue weighted by atomic mass is 16.3. The van der Waals surface area contributed by atoms with Gasteiger partial charge in [0, 0.05) is 0 Å². The number of aromatic hydroxyl groups is 2. The second-order valence-electron chi connectivity index (χ2n) is 4.02. The third-order valence-electron chi connectivity index (χ3n) is 2.85. The highest BCUT2D eigenvalue weighted by molar-refractivity contribution is 5.84. The van der Waals surface area contributed by atoms with Crippen LogP contribution in [0.2, 0.25) is 0 Å². The third kappa shape index (κ3) is 2.54. The van der Waals surface area contributed by atoms with E-state index in [9.17, 15) is 15.0 Å². The number of rotatable bonds is 5. The van der Waals surface area contributed by atoms with Crippen LogP contribution in [0, 0.1) is 6.92 Å². The molecule has 0 atom stereocenters. The van der Waals surface area contributed by atoms with Gasteiger partial charge in [0.15, 0.2) is 6.29 Å². The quantitative estimate of drug-likeness (QED) is 0.595. The van der Waals surface area contributed by atoms with Crippen LogP contribution in [0.25, 0.3) is 0 Å². The lowest BCUT2D eigenvalue weighted by molar-refractivity contribution is 0.111. The Balaban J connectivity index is 2.99. The van der Waals surface area contributed by atoms with Crippen molar-refractivity contribution in [3.05, 3.63) is 22.8 Å². The van der Waals surface area contributed by atoms with Crippen molar-refractivity contribution in [3.8, 4) is 11.5 Å². The van der Waals surface area contributed by atoms with Crippen LogP contribution in [0.3, 0.4) is 0 Å². The zero-order chi connectivity index (χ0) is 12.1. The van der Waals surface area contributed by atoms with E-state index in [1.54, 1.807) is 13.0 Å². The van der Waals surface area contributed by atoms with Crippen molar-refractivity contribution in [1.29, 1.82) is 0 Å². The van der Waals surface area contributed by atoms with Gasteiger partial charge in [-0.05, 0) is 37.0 Å². The number of hydrogen-bond donors (Lipinski definition) is 2. The maximum Gasteiger partial charge on any atom is 0.157 e. The minimum atomic E-state index is -0.135. The SMILES string of the molecule is CCCCCc1cc(O)c(C=O)c(O)c1C. The Hall–Kier alpha value is -1.51. The van der Waals surface area contributed by atoms with Gasteiger partial charge in [-0.3, -0.25) is 4.79 Å². The van der Waals surface area contributed by atoms with Gasteiger partial charge in [0.25, 0.3) is 0 Å². The highest BCUT2D eigenvalue weighted by Gasteiger charge is 2.13. The third-order valence-corrected chi connectivity index (χ3v) is 2.85. The highest BCUT2D eigenvalue weighted by Crippen LogP contribution is 2.32. The smallest absolute Gasteiger partial charge is 0.157 e. The van der Waals surface area contributed by atoms with Gasteiger partial charge < -0.3 is 10.2 Å². The zero-order valence-electron chi connectivity index (χ0n) is 9.79. The predicted molar refractivity (Wildman–Crippen MR) is 63.1 cm³/mol. The Morgan fingerprint density at radius 2 is 2.00 bits per heavy atom. The molecule has 0 bridgehead atoms. The van der Waals surface area contributed by atoms with E-state index in [1.165, 1.54) is 0 Å². The lowest BCUT2D eigenvalue weighted by Gasteiger charge is -2.10. The van der Waals surface area contributed by atoms with Gasteiger partial charge in [-0.2, -0.15) is 0 Å². The molecule has 0 unspecified atom stereocenters. The number of phenolic OH excluding ortho intramolecular Hbond substituents is 2. The van der Waals surface area contributed by atoms with Gasteiger partial charge in [0.05, 0.1) is 5.56 Å². The molecule has 1 aromatic carbocycles. The standard InChI is InChI=1S/C13H18O3/c1-3-4-5-6-10-7-12(15)11(8-14)13(16)9(10)2/h7-8,15-16H,3-6H2,1-2H3. The van der Waals surface area contributed by atoms with Gasteiger partial charge in [-0.15, -0.1) is 0 Å². The molecule has 0 spiro atoms. The summed E-state index contributed by atoms with van der Waals surface area (Å²) in [5.41, 5.74) is 1.58. The molecule has 88 valence electrons. The van der Waals surface area contributed by atoms with E-state index in [1.807, 2.05) is 0 Å². The molecule has 1 rings (SSSR count). The molecule has 16 heavy (non-hydrogen) atoms. The normalized spacial score (nSPS) is 10.4. The minimum Gasteiger partial charge on any atom is -0.507 e. The number of hydrogen-bond acceptors (Lipinski definition) is 3. The summed E-state index contributed by atoms with van der Waals surface area (Å²) in [6.07, 6.45) is 4.57. The van der Waals surface area contributed by atoms with Crippen LogP contribution in [0.5, 0.6) is 11.5 Å². The fourth-order valence-electron chi connectivity index (χ4n) is 1.77. The van der Waals surface area contributed by atoms with Crippen LogP contribution in [-0.2, 0) is 6.42 Å². The van der Waals surface area contributed by atoms with Gasteiger partial charge >= 0.3 is 0 Å². The van der Waals surface area contributed by atoms with E-state index >= 15 is 0 Å². The fraction of sp³-hybridized carbons (Fsp3) is 0.462. The summed E-state index contributed by atoms with van der Waals surface area (Å²) in [6.45, 7) is 3.89. The molecule has 0 fully saturated rings. The molecular weight excluding hydrogens is 204 g/mol. The van der Waals surface area contributed by atoms with Crippen LogP contribution >= 0.6 is 0 Å². The summed E-state index contributed by atoms with van der Waals surface area (Å²) >= 11 is 0. The summed E-state index contributed by atoms with van der Waals surface area (Å²) in [5.74, 6) is -0.230. The number of aldehydes is 1. The Morgan fingerprint density at radius 3 is 2.56 bits per heavy atom. The maximum absolute atomic E-state index is 10.7. The van der Waals surface area contributed by atoms with Crippen LogP contribution in [0.1, 0.15) is 47.7 Å². The Bertz CT molecular complexity index is 383. The number of unbranched alkanes of at least 4 members (excludes halogenated alkanes) is 2. The van der Waals surface area contributed by atoms with Crippen molar-refractivity contribution >= 4 is 6.29 Å². The molecule has 0 amide bonds. The van der Waals surface area contributed by atoms with Crippen molar-refractivity contribution in [2.45, 2.75) is 39.5 Å². The van der Waals surface area contributed by atoms with Gasteiger partial charge in [-0.1, -0.05) is 19.8 Å². The second kappa shape index (κ2) is 5.54. The largest absolute Gasteiger partial charge is 0.507 e. The number of aryl methyl sites for hydroxylation is 1. The van der Waals surface area contributed by atoms with Crippen molar-refractivity contribution in [1.82, 2.24) is 0 Å². The first-order chi connectivity index (χ1) is 7.61. The van der Waals surface area contributed by atoms with Crippen LogP contribution in [0.15, 0.2) is 6.07 Å². The number of carbonyl (C=O) groups excluding carboxylic acids is 1. The van der Waals surface area contributed by atoms with E-state index in [0.29, 0.717) is 11.8 Å². The van der Waals surface area contributed by atoms with E-state index in [0.717, 1.165) is 31.2 Å². The molecule has 0 aliphatic heterocycles. The van der Waals surface area contributed by atoms with Crippen molar-refractivity contribution in [2.75, 3.05) is 0 Å². The first kappa shape index (κ1) is 12.6. The molecule has 2 N–H and O–H groups in total. The average molecular weight is 222 g/mol. The first-order valence-electron chi connectivity index (χ1n) is 5.61. The number of phenols is 2. The monoisotopic (exact) mass is 222 g/mol. The first-order valence-corrected chi connectivity index (χ1v) is 5.61. The molecule has 0 saturated carbocycles. The lowest BCUT2D eigenvalue weighted by Crippen LogP contribution is -1.94. The number of carbonyl (C=O) groups is 1. The maximum atomic E-state index is 10.7. The van der Waals surface area contributed by atoms with E-state index in [4.69, 9.17) is 0 Å². The minimum absolute atomic E-state index is 0.0169. The van der Waals surface area contributed by atoms with Gasteiger partial charge in [0.2, 0.25) is 0 Å². The zero-order valence-corrected chi connectivity index (χ0v) is 9.79. The van der Waals surface area contributed by atoms with E-state index < -0.39 is 0 Å². The molecule has 0 radical (unpaired) electrons. The fourth-order valence-corrected chi connectivity index (χ4v) is 1.77. The van der Waals surface area contributed by atoms with E-state index in [2.05, 4.69) is 6.92 Å². The lowest BCUT2D eigenvalue weighted by atomic mass is 9.98. The second-order valence-corrected chi connectivity index (χ2v) is 4.02. The molecule has 0 saturated heterocycles. The summed E-state index contributed by atoms with van der Waals surface area (Å²) in [5, 5.41) is 19.3. The molecule has 3 heteroatoms. The summed E-state index contributed by atoms with van der Waals surface area (Å²) in [6, 6.07) is 1.58. The Morgan fingerprint density at radius 1 is 1.31 bits per heavy atom. The molecule has 3 nitrogen and oxygen atoms in total. The van der Waals surface area contributed by atoms with Crippen molar-refractivity contribution in [2.24, 2.45) is 0 Å². The molecule has 0 aliphatic rings. The van der Waals surface area contributed by atoms with Crippen molar-refractivity contribution in [3.63, 3.8) is 0 Å². The van der Waals surface area contributed by atoms with E-state index in [-0.39, 0.29) is 17.1 Å². The van der Waals surface area contributed by atoms with Gasteiger partial charge in [-0.25, -0.2) is 0 Å². The molecule has 0 aliphatic carbocycles.